The van der Waals surface area contributed by atoms with Crippen LogP contribution < -0.4 is 11.1 Å². The number of benzene rings is 1. The minimum absolute atomic E-state index is 0.110. The summed E-state index contributed by atoms with van der Waals surface area (Å²) >= 11 is 0. The summed E-state index contributed by atoms with van der Waals surface area (Å²) in [4.78, 5) is 0. The molecule has 0 radical (unpaired) electrons. The molecule has 3 N–H and O–H groups in total. The number of nitrogens with one attached hydrogen (secondary N) is 1. The Morgan fingerprint density at radius 3 is 2.53 bits per heavy atom. The lowest BCUT2D eigenvalue weighted by molar-refractivity contribution is -0.136. The SMILES string of the molecule is CC1CCCCC1Nc1ccc(N)cc1C(F)(F)F. The smallest absolute Gasteiger partial charge is 0.399 e. The van der Waals surface area contributed by atoms with Crippen molar-refractivity contribution in [2.24, 2.45) is 5.92 Å². The van der Waals surface area contributed by atoms with Crippen LogP contribution in [0.25, 0.3) is 0 Å². The summed E-state index contributed by atoms with van der Waals surface area (Å²) in [5.74, 6) is 0.396. The second-order valence-electron chi connectivity index (χ2n) is 5.32. The molecule has 0 saturated heterocycles. The van der Waals surface area contributed by atoms with Gasteiger partial charge in [-0.2, -0.15) is 13.2 Å². The van der Waals surface area contributed by atoms with E-state index in [0.717, 1.165) is 31.7 Å². The number of rotatable bonds is 2. The summed E-state index contributed by atoms with van der Waals surface area (Å²) in [5.41, 5.74) is 5.05. The lowest BCUT2D eigenvalue weighted by atomic mass is 9.85. The van der Waals surface area contributed by atoms with Gasteiger partial charge in [-0.05, 0) is 37.0 Å². The van der Waals surface area contributed by atoms with Crippen LogP contribution in [0, 0.1) is 5.92 Å². The molecule has 19 heavy (non-hydrogen) atoms. The fraction of sp³-hybridized carbons (Fsp3) is 0.571. The third-order valence-electron chi connectivity index (χ3n) is 3.80. The Morgan fingerprint density at radius 2 is 1.89 bits per heavy atom. The molecule has 0 spiro atoms. The van der Waals surface area contributed by atoms with Crippen LogP contribution in [-0.2, 0) is 6.18 Å². The average molecular weight is 272 g/mol. The highest BCUT2D eigenvalue weighted by molar-refractivity contribution is 5.59. The van der Waals surface area contributed by atoms with Crippen molar-refractivity contribution in [3.63, 3.8) is 0 Å². The summed E-state index contributed by atoms with van der Waals surface area (Å²) in [5, 5.41) is 3.06. The highest BCUT2D eigenvalue weighted by atomic mass is 19.4. The number of halogens is 3. The number of anilines is 2. The van der Waals surface area contributed by atoms with Gasteiger partial charge in [-0.1, -0.05) is 19.8 Å². The number of hydrogen-bond donors (Lipinski definition) is 2. The van der Waals surface area contributed by atoms with Gasteiger partial charge in [-0.15, -0.1) is 0 Å². The molecule has 0 amide bonds. The van der Waals surface area contributed by atoms with E-state index in [9.17, 15) is 13.2 Å². The van der Waals surface area contributed by atoms with Gasteiger partial charge in [0.2, 0.25) is 0 Å². The van der Waals surface area contributed by atoms with Gasteiger partial charge < -0.3 is 11.1 Å². The van der Waals surface area contributed by atoms with E-state index in [1.54, 1.807) is 0 Å². The zero-order valence-corrected chi connectivity index (χ0v) is 10.9. The lowest BCUT2D eigenvalue weighted by Crippen LogP contribution is -2.31. The summed E-state index contributed by atoms with van der Waals surface area (Å²) < 4.78 is 39.0. The Balaban J connectivity index is 2.24. The van der Waals surface area contributed by atoms with Crippen molar-refractivity contribution in [2.45, 2.75) is 44.8 Å². The topological polar surface area (TPSA) is 38.0 Å². The minimum atomic E-state index is -4.38. The van der Waals surface area contributed by atoms with Crippen LogP contribution in [0.15, 0.2) is 18.2 Å². The molecule has 1 aromatic rings. The van der Waals surface area contributed by atoms with Gasteiger partial charge in [-0.3, -0.25) is 0 Å². The molecule has 0 aromatic heterocycles. The van der Waals surface area contributed by atoms with Crippen molar-refractivity contribution < 1.29 is 13.2 Å². The van der Waals surface area contributed by atoms with Gasteiger partial charge in [0, 0.05) is 17.4 Å². The van der Waals surface area contributed by atoms with E-state index in [1.165, 1.54) is 12.1 Å². The molecule has 0 bridgehead atoms. The standard InChI is InChI=1S/C14H19F3N2/c1-9-4-2-3-5-12(9)19-13-7-6-10(18)8-11(13)14(15,16)17/h6-9,12,19H,2-5,18H2,1H3. The first-order chi connectivity index (χ1) is 8.88. The molecule has 1 aliphatic carbocycles. The maximum atomic E-state index is 13.0. The van der Waals surface area contributed by atoms with E-state index in [4.69, 9.17) is 5.73 Å². The summed E-state index contributed by atoms with van der Waals surface area (Å²) in [6, 6.07) is 4.04. The van der Waals surface area contributed by atoms with Crippen LogP contribution in [-0.4, -0.2) is 6.04 Å². The van der Waals surface area contributed by atoms with Crippen molar-refractivity contribution in [2.75, 3.05) is 11.1 Å². The minimum Gasteiger partial charge on any atom is -0.399 e. The van der Waals surface area contributed by atoms with Crippen LogP contribution in [0.1, 0.15) is 38.2 Å². The molecule has 106 valence electrons. The van der Waals surface area contributed by atoms with Crippen molar-refractivity contribution >= 4 is 11.4 Å². The molecule has 1 aliphatic rings. The van der Waals surface area contributed by atoms with Crippen LogP contribution in [0.5, 0.6) is 0 Å². The number of nitrogen functional groups attached to an aromatic ring is 1. The molecule has 1 aromatic carbocycles. The first-order valence-electron chi connectivity index (χ1n) is 6.61. The Bertz CT molecular complexity index is 443. The molecule has 0 aliphatic heterocycles. The van der Waals surface area contributed by atoms with Crippen LogP contribution in [0.4, 0.5) is 24.5 Å². The molecule has 1 fully saturated rings. The van der Waals surface area contributed by atoms with Crippen LogP contribution in [0.3, 0.4) is 0 Å². The van der Waals surface area contributed by atoms with Gasteiger partial charge in [0.15, 0.2) is 0 Å². The second kappa shape index (κ2) is 5.31. The Kier molecular flexibility index (Phi) is 3.92. The molecule has 2 rings (SSSR count). The third kappa shape index (κ3) is 3.33. The fourth-order valence-electron chi connectivity index (χ4n) is 2.65. The van der Waals surface area contributed by atoms with E-state index >= 15 is 0 Å². The Morgan fingerprint density at radius 1 is 1.21 bits per heavy atom. The normalized spacial score (nSPS) is 24.2. The first-order valence-corrected chi connectivity index (χ1v) is 6.61. The van der Waals surface area contributed by atoms with Crippen molar-refractivity contribution in [3.05, 3.63) is 23.8 Å². The largest absolute Gasteiger partial charge is 0.418 e. The summed E-state index contributed by atoms with van der Waals surface area (Å²) in [6.07, 6.45) is -0.169. The third-order valence-corrected chi connectivity index (χ3v) is 3.80. The predicted molar refractivity (Wildman–Crippen MR) is 70.9 cm³/mol. The molecular formula is C14H19F3N2. The van der Waals surface area contributed by atoms with Gasteiger partial charge in [-0.25, -0.2) is 0 Å². The van der Waals surface area contributed by atoms with Crippen molar-refractivity contribution in [1.29, 1.82) is 0 Å². The maximum Gasteiger partial charge on any atom is 0.418 e. The first kappa shape index (κ1) is 14.0. The Hall–Kier alpha value is -1.39. The van der Waals surface area contributed by atoms with E-state index in [1.807, 2.05) is 0 Å². The second-order valence-corrected chi connectivity index (χ2v) is 5.32. The zero-order valence-electron chi connectivity index (χ0n) is 10.9. The van der Waals surface area contributed by atoms with Gasteiger partial charge in [0.25, 0.3) is 0 Å². The van der Waals surface area contributed by atoms with Crippen molar-refractivity contribution in [3.8, 4) is 0 Å². The fourth-order valence-corrected chi connectivity index (χ4v) is 2.65. The molecule has 5 heteroatoms. The highest BCUT2D eigenvalue weighted by Crippen LogP contribution is 2.37. The van der Waals surface area contributed by atoms with Crippen molar-refractivity contribution in [1.82, 2.24) is 0 Å². The lowest BCUT2D eigenvalue weighted by Gasteiger charge is -2.31. The molecule has 2 atom stereocenters. The highest BCUT2D eigenvalue weighted by Gasteiger charge is 2.34. The van der Waals surface area contributed by atoms with Gasteiger partial charge in [0.1, 0.15) is 0 Å². The number of nitrogens with two attached hydrogens (primary N) is 1. The molecule has 2 nitrogen and oxygen atoms in total. The number of hydrogen-bond acceptors (Lipinski definition) is 2. The quantitative estimate of drug-likeness (QED) is 0.789. The predicted octanol–water partition coefficient (Wildman–Crippen LogP) is 4.28. The Labute approximate surface area is 111 Å². The molecular weight excluding hydrogens is 253 g/mol. The van der Waals surface area contributed by atoms with E-state index in [-0.39, 0.29) is 17.4 Å². The van der Waals surface area contributed by atoms with E-state index in [0.29, 0.717) is 5.92 Å². The van der Waals surface area contributed by atoms with E-state index < -0.39 is 11.7 Å². The zero-order chi connectivity index (χ0) is 14.0. The summed E-state index contributed by atoms with van der Waals surface area (Å²) in [6.45, 7) is 2.08. The monoisotopic (exact) mass is 272 g/mol. The molecule has 0 heterocycles. The van der Waals surface area contributed by atoms with E-state index in [2.05, 4.69) is 12.2 Å². The molecule has 1 saturated carbocycles. The van der Waals surface area contributed by atoms with Gasteiger partial charge >= 0.3 is 6.18 Å². The molecule has 2 unspecified atom stereocenters. The van der Waals surface area contributed by atoms with Crippen LogP contribution >= 0.6 is 0 Å². The number of alkyl halides is 3. The average Bonchev–Trinajstić information content (AvgIpc) is 2.33. The maximum absolute atomic E-state index is 13.0. The van der Waals surface area contributed by atoms with Gasteiger partial charge in [0.05, 0.1) is 5.56 Å². The summed E-state index contributed by atoms with van der Waals surface area (Å²) in [7, 11) is 0. The van der Waals surface area contributed by atoms with Crippen LogP contribution in [0.2, 0.25) is 0 Å².